The second-order valence-corrected chi connectivity index (χ2v) is 5.06. The van der Waals surface area contributed by atoms with E-state index in [4.69, 9.17) is 5.73 Å². The Morgan fingerprint density at radius 2 is 2.20 bits per heavy atom. The molecule has 6 nitrogen and oxygen atoms in total. The summed E-state index contributed by atoms with van der Waals surface area (Å²) in [5.74, 6) is 0.420. The molecule has 2 aromatic rings. The van der Waals surface area contributed by atoms with E-state index in [0.717, 1.165) is 17.0 Å². The molecule has 0 saturated heterocycles. The van der Waals surface area contributed by atoms with E-state index < -0.39 is 0 Å². The summed E-state index contributed by atoms with van der Waals surface area (Å²) in [6, 6.07) is 3.36. The normalized spacial score (nSPS) is 10.8. The maximum Gasteiger partial charge on any atom is 0.251 e. The molecule has 0 spiro atoms. The number of rotatable bonds is 4. The van der Waals surface area contributed by atoms with Crippen LogP contribution in [0.1, 0.15) is 47.1 Å². The Labute approximate surface area is 117 Å². The second-order valence-electron chi connectivity index (χ2n) is 5.06. The minimum atomic E-state index is -0.165. The molecule has 0 aromatic carbocycles. The van der Waals surface area contributed by atoms with Crippen LogP contribution < -0.4 is 11.1 Å². The van der Waals surface area contributed by atoms with Crippen LogP contribution in [-0.2, 0) is 6.54 Å². The average Bonchev–Trinajstić information content (AvgIpc) is 2.80. The summed E-state index contributed by atoms with van der Waals surface area (Å²) in [7, 11) is 0. The number of H-pyrrole nitrogens is 1. The fraction of sp³-hybridized carbons (Fsp3) is 0.357. The van der Waals surface area contributed by atoms with Gasteiger partial charge in [-0.3, -0.25) is 9.89 Å². The molecule has 0 aliphatic carbocycles. The van der Waals surface area contributed by atoms with Gasteiger partial charge in [-0.2, -0.15) is 5.10 Å². The third-order valence-electron chi connectivity index (χ3n) is 3.09. The molecule has 0 atom stereocenters. The molecule has 0 saturated carbocycles. The molecular formula is C14H19N5O. The Hall–Kier alpha value is -2.37. The van der Waals surface area contributed by atoms with E-state index in [1.807, 2.05) is 20.8 Å². The fourth-order valence-corrected chi connectivity index (χ4v) is 1.83. The van der Waals surface area contributed by atoms with Gasteiger partial charge in [0.25, 0.3) is 5.91 Å². The summed E-state index contributed by atoms with van der Waals surface area (Å²) >= 11 is 0. The van der Waals surface area contributed by atoms with Crippen LogP contribution in [0.5, 0.6) is 0 Å². The number of pyridine rings is 1. The van der Waals surface area contributed by atoms with Gasteiger partial charge in [-0.05, 0) is 25.0 Å². The lowest BCUT2D eigenvalue weighted by Crippen LogP contribution is -2.23. The predicted octanol–water partition coefficient (Wildman–Crippen LogP) is 1.75. The van der Waals surface area contributed by atoms with Crippen molar-refractivity contribution in [2.24, 2.45) is 0 Å². The molecular weight excluding hydrogens is 254 g/mol. The number of nitrogens with two attached hydrogens (primary N) is 1. The topological polar surface area (TPSA) is 96.7 Å². The molecule has 0 fully saturated rings. The van der Waals surface area contributed by atoms with Crippen molar-refractivity contribution < 1.29 is 4.79 Å². The number of amides is 1. The SMILES string of the molecule is Cc1[nH]ncc1CNC(=O)c1cc(N)nc(C(C)C)c1. The van der Waals surface area contributed by atoms with Gasteiger partial charge in [0.15, 0.2) is 0 Å². The van der Waals surface area contributed by atoms with Crippen molar-refractivity contribution in [3.8, 4) is 0 Å². The second kappa shape index (κ2) is 5.73. The summed E-state index contributed by atoms with van der Waals surface area (Å²) < 4.78 is 0. The highest BCUT2D eigenvalue weighted by Crippen LogP contribution is 2.16. The summed E-state index contributed by atoms with van der Waals surface area (Å²) in [5.41, 5.74) is 9.00. The summed E-state index contributed by atoms with van der Waals surface area (Å²) in [4.78, 5) is 16.4. The molecule has 0 unspecified atom stereocenters. The molecule has 6 heteroatoms. The Balaban J connectivity index is 2.11. The Bertz CT molecular complexity index is 618. The lowest BCUT2D eigenvalue weighted by Gasteiger charge is -2.09. The molecule has 2 aromatic heterocycles. The summed E-state index contributed by atoms with van der Waals surface area (Å²) in [6.07, 6.45) is 1.70. The zero-order valence-corrected chi connectivity index (χ0v) is 11.9. The number of anilines is 1. The van der Waals surface area contributed by atoms with Crippen molar-refractivity contribution in [2.45, 2.75) is 33.2 Å². The van der Waals surface area contributed by atoms with Gasteiger partial charge >= 0.3 is 0 Å². The van der Waals surface area contributed by atoms with Gasteiger partial charge in [0.1, 0.15) is 5.82 Å². The summed E-state index contributed by atoms with van der Waals surface area (Å²) in [6.45, 7) is 6.37. The Kier molecular flexibility index (Phi) is 4.02. The Morgan fingerprint density at radius 3 is 2.80 bits per heavy atom. The standard InChI is InChI=1S/C14H19N5O/c1-8(2)12-4-10(5-13(15)18-12)14(20)16-6-11-7-17-19-9(11)3/h4-5,7-8H,6H2,1-3H3,(H2,15,18)(H,16,20)(H,17,19). The molecule has 20 heavy (non-hydrogen) atoms. The van der Waals surface area contributed by atoms with Gasteiger partial charge in [-0.25, -0.2) is 4.98 Å². The van der Waals surface area contributed by atoms with Gasteiger partial charge in [-0.15, -0.1) is 0 Å². The van der Waals surface area contributed by atoms with Crippen molar-refractivity contribution in [1.82, 2.24) is 20.5 Å². The third kappa shape index (κ3) is 3.14. The maximum atomic E-state index is 12.2. The van der Waals surface area contributed by atoms with E-state index in [9.17, 15) is 4.79 Å². The van der Waals surface area contributed by atoms with E-state index in [1.54, 1.807) is 18.3 Å². The van der Waals surface area contributed by atoms with Crippen molar-refractivity contribution in [3.63, 3.8) is 0 Å². The van der Waals surface area contributed by atoms with E-state index >= 15 is 0 Å². The number of hydrogen-bond donors (Lipinski definition) is 3. The summed E-state index contributed by atoms with van der Waals surface area (Å²) in [5, 5.41) is 9.60. The van der Waals surface area contributed by atoms with E-state index in [-0.39, 0.29) is 11.8 Å². The van der Waals surface area contributed by atoms with E-state index in [1.165, 1.54) is 0 Å². The highest BCUT2D eigenvalue weighted by molar-refractivity contribution is 5.94. The first-order chi connectivity index (χ1) is 9.47. The lowest BCUT2D eigenvalue weighted by atomic mass is 10.1. The van der Waals surface area contributed by atoms with Gasteiger partial charge in [0.2, 0.25) is 0 Å². The van der Waals surface area contributed by atoms with Gasteiger partial charge in [0.05, 0.1) is 6.20 Å². The molecule has 106 valence electrons. The quantitative estimate of drug-likeness (QED) is 0.790. The highest BCUT2D eigenvalue weighted by Gasteiger charge is 2.11. The van der Waals surface area contributed by atoms with Crippen molar-refractivity contribution in [2.75, 3.05) is 5.73 Å². The zero-order valence-electron chi connectivity index (χ0n) is 11.9. The number of aromatic nitrogens is 3. The number of carbonyl (C=O) groups excluding carboxylic acids is 1. The molecule has 0 radical (unpaired) electrons. The van der Waals surface area contributed by atoms with E-state index in [2.05, 4.69) is 20.5 Å². The minimum absolute atomic E-state index is 0.165. The largest absolute Gasteiger partial charge is 0.384 e. The monoisotopic (exact) mass is 273 g/mol. The smallest absolute Gasteiger partial charge is 0.251 e. The van der Waals surface area contributed by atoms with Crippen LogP contribution in [0.3, 0.4) is 0 Å². The number of nitrogen functional groups attached to an aromatic ring is 1. The van der Waals surface area contributed by atoms with Crippen LogP contribution >= 0.6 is 0 Å². The number of aryl methyl sites for hydroxylation is 1. The number of nitrogens with one attached hydrogen (secondary N) is 2. The molecule has 0 bridgehead atoms. The van der Waals surface area contributed by atoms with Crippen LogP contribution in [0, 0.1) is 6.92 Å². The number of nitrogens with zero attached hydrogens (tertiary/aromatic N) is 2. The third-order valence-corrected chi connectivity index (χ3v) is 3.09. The van der Waals surface area contributed by atoms with E-state index in [0.29, 0.717) is 17.9 Å². The van der Waals surface area contributed by atoms with Gasteiger partial charge < -0.3 is 11.1 Å². The zero-order chi connectivity index (χ0) is 14.7. The van der Waals surface area contributed by atoms with Gasteiger partial charge in [-0.1, -0.05) is 13.8 Å². The minimum Gasteiger partial charge on any atom is -0.384 e. The first-order valence-electron chi connectivity index (χ1n) is 6.52. The average molecular weight is 273 g/mol. The number of carbonyl (C=O) groups is 1. The molecule has 1 amide bonds. The van der Waals surface area contributed by atoms with Crippen molar-refractivity contribution in [1.29, 1.82) is 0 Å². The van der Waals surface area contributed by atoms with Gasteiger partial charge in [0, 0.05) is 29.1 Å². The lowest BCUT2D eigenvalue weighted by molar-refractivity contribution is 0.0950. The molecule has 2 heterocycles. The Morgan fingerprint density at radius 1 is 1.45 bits per heavy atom. The van der Waals surface area contributed by atoms with Crippen LogP contribution in [0.4, 0.5) is 5.82 Å². The maximum absolute atomic E-state index is 12.2. The first kappa shape index (κ1) is 14.0. The highest BCUT2D eigenvalue weighted by atomic mass is 16.1. The molecule has 4 N–H and O–H groups in total. The first-order valence-corrected chi connectivity index (χ1v) is 6.52. The number of hydrogen-bond acceptors (Lipinski definition) is 4. The van der Waals surface area contributed by atoms with Crippen LogP contribution in [-0.4, -0.2) is 21.1 Å². The molecule has 2 rings (SSSR count). The van der Waals surface area contributed by atoms with Crippen LogP contribution in [0.25, 0.3) is 0 Å². The fourth-order valence-electron chi connectivity index (χ4n) is 1.83. The van der Waals surface area contributed by atoms with Crippen molar-refractivity contribution >= 4 is 11.7 Å². The van der Waals surface area contributed by atoms with Crippen molar-refractivity contribution in [3.05, 3.63) is 40.8 Å². The molecule has 0 aliphatic heterocycles. The predicted molar refractivity (Wildman–Crippen MR) is 77.2 cm³/mol. The van der Waals surface area contributed by atoms with Crippen LogP contribution in [0.15, 0.2) is 18.3 Å². The number of aromatic amines is 1. The van der Waals surface area contributed by atoms with Crippen LogP contribution in [0.2, 0.25) is 0 Å². The molecule has 0 aliphatic rings.